The van der Waals surface area contributed by atoms with Crippen molar-refractivity contribution in [3.05, 3.63) is 0 Å². The molecule has 0 amide bonds. The van der Waals surface area contributed by atoms with Crippen LogP contribution in [0.2, 0.25) is 0 Å². The summed E-state index contributed by atoms with van der Waals surface area (Å²) >= 11 is 0. The van der Waals surface area contributed by atoms with Gasteiger partial charge >= 0.3 is 0 Å². The van der Waals surface area contributed by atoms with E-state index in [0.29, 0.717) is 0 Å². The third-order valence-electron chi connectivity index (χ3n) is 0.125. The van der Waals surface area contributed by atoms with Gasteiger partial charge in [0.1, 0.15) is 0 Å². The lowest BCUT2D eigenvalue weighted by Crippen LogP contribution is -1.77. The van der Waals surface area contributed by atoms with Crippen LogP contribution in [0.4, 0.5) is 0 Å². The number of hydrogen-bond acceptors (Lipinski definition) is 0. The Kier molecular flexibility index (Phi) is 0.141. The van der Waals surface area contributed by atoms with Gasteiger partial charge in [-0.3, -0.25) is 0 Å². The van der Waals surface area contributed by atoms with E-state index >= 15 is 0 Å². The molecule has 0 atom stereocenters. The van der Waals surface area contributed by atoms with Crippen molar-refractivity contribution in [3.63, 3.8) is 0 Å². The number of hydrogen-bond donors (Lipinski definition) is 0. The molecule has 0 aromatic carbocycles. The molecule has 0 fully saturated rings. The second-order valence-electron chi connectivity index (χ2n) is 0.500. The minimum absolute atomic E-state index is 3.53. The minimum atomic E-state index is -3.72. The highest BCUT2D eigenvalue weighted by atomic mass is 13.9. The van der Waals surface area contributed by atoms with Gasteiger partial charge in [0.25, 0.3) is 0 Å². The normalized spacial score (nSPS) is 57.6. The molecule has 0 aliphatic heterocycles. The van der Waals surface area contributed by atoms with Crippen LogP contribution in [0.3, 0.4) is 0 Å². The first-order valence-electron chi connectivity index (χ1n) is 7.00. The highest BCUT2D eigenvalue weighted by molar-refractivity contribution is 4.32. The van der Waals surface area contributed by atoms with Gasteiger partial charge in [-0.1, -0.05) is 26.9 Å². The summed E-state index contributed by atoms with van der Waals surface area (Å²) in [4.78, 5) is 0. The Morgan fingerprint density at radius 3 is 3.20 bits per heavy atom. The molecule has 5 heavy (non-hydrogen) atoms. The van der Waals surface area contributed by atoms with Crippen LogP contribution >= 0.6 is 0 Å². The molecule has 0 heteroatoms. The summed E-state index contributed by atoms with van der Waals surface area (Å²) in [6.45, 7) is -10.7. The van der Waals surface area contributed by atoms with Gasteiger partial charge < -0.3 is 0 Å². The van der Waals surface area contributed by atoms with E-state index in [1.165, 1.54) is 0 Å². The van der Waals surface area contributed by atoms with Crippen LogP contribution in [0.1, 0.15) is 43.4 Å². The Bertz CT molecular complexity index is 261. The van der Waals surface area contributed by atoms with Crippen molar-refractivity contribution in [2.24, 2.45) is 5.89 Å². The maximum atomic E-state index is 7.42. The molecule has 0 nitrogen and oxygen atoms in total. The average Bonchev–Trinajstić information content (AvgIpc) is 1.95. The third kappa shape index (κ3) is 4.00. The van der Waals surface area contributed by atoms with E-state index in [4.69, 9.17) is 16.4 Å². The maximum Gasteiger partial charge on any atom is 0.0297 e. The van der Waals surface area contributed by atoms with Crippen LogP contribution < -0.4 is 0 Å². The van der Waals surface area contributed by atoms with Gasteiger partial charge in [0.2, 0.25) is 0 Å². The Balaban J connectivity index is 6.04. The zero-order valence-electron chi connectivity index (χ0n) is 14.5. The molecule has 0 aromatic rings. The zero-order valence-corrected chi connectivity index (χ0v) is 2.50. The number of rotatable bonds is 1. The quantitative estimate of drug-likeness (QED) is 0.456. The van der Waals surface area contributed by atoms with E-state index in [9.17, 15) is 0 Å². The van der Waals surface area contributed by atoms with E-state index in [1.807, 2.05) is 0 Å². The predicted molar refractivity (Wildman–Crippen MR) is 25.1 cm³/mol. The van der Waals surface area contributed by atoms with Gasteiger partial charge in [-0.05, 0) is 5.89 Å². The third-order valence-corrected chi connectivity index (χ3v) is 0.125. The maximum absolute atomic E-state index is 7.42. The molecule has 0 spiro atoms. The van der Waals surface area contributed by atoms with E-state index in [-0.39, 0.29) is 0 Å². The van der Waals surface area contributed by atoms with Gasteiger partial charge in [0.05, 0.1) is 0 Å². The van der Waals surface area contributed by atoms with Gasteiger partial charge in [-0.15, -0.1) is 0 Å². The molecule has 0 saturated carbocycles. The molecule has 0 heterocycles. The van der Waals surface area contributed by atoms with Crippen LogP contribution in [0.5, 0.6) is 0 Å². The molecule has 0 aliphatic carbocycles. The van der Waals surface area contributed by atoms with E-state index in [0.717, 1.165) is 0 Å². The molecule has 0 aromatic heterocycles. The first-order valence-corrected chi connectivity index (χ1v) is 1.00. The molecule has 0 bridgehead atoms. The molecule has 0 radical (unpaired) electrons. The first kappa shape index (κ1) is 0.312. The van der Waals surface area contributed by atoms with Crippen molar-refractivity contribution < 1.29 is 16.4 Å². The fraction of sp³-hybridized carbons (Fsp3) is 1.00. The molecule has 0 saturated heterocycles. The van der Waals surface area contributed by atoms with E-state index in [2.05, 4.69) is 0 Å². The predicted octanol–water partition coefficient (Wildman–Crippen LogP) is 2.05. The first-order chi connectivity index (χ1) is 7.00. The Hall–Kier alpha value is 0. The van der Waals surface area contributed by atoms with Crippen molar-refractivity contribution in [1.29, 1.82) is 0 Å². The van der Waals surface area contributed by atoms with E-state index < -0.39 is 32.8 Å². The summed E-state index contributed by atoms with van der Waals surface area (Å²) in [6, 6.07) is 0. The topological polar surface area (TPSA) is 0 Å². The van der Waals surface area contributed by atoms with Crippen molar-refractivity contribution in [3.8, 4) is 0 Å². The zero-order chi connectivity index (χ0) is 14.5. The van der Waals surface area contributed by atoms with Gasteiger partial charge in [0, 0.05) is 16.4 Å². The van der Waals surface area contributed by atoms with Gasteiger partial charge in [-0.25, -0.2) is 0 Å². The fourth-order valence-corrected chi connectivity index (χ4v) is 0. The van der Waals surface area contributed by atoms with Gasteiger partial charge in [0.15, 0.2) is 0 Å². The van der Waals surface area contributed by atoms with E-state index in [1.54, 1.807) is 0 Å². The average molecular weight is 84.2 g/mol. The molecule has 0 unspecified atom stereocenters. The van der Waals surface area contributed by atoms with Crippen LogP contribution in [0.15, 0.2) is 0 Å². The summed E-state index contributed by atoms with van der Waals surface area (Å²) in [5.41, 5.74) is 0. The van der Waals surface area contributed by atoms with Crippen LogP contribution in [-0.4, -0.2) is 0 Å². The fourth-order valence-electron chi connectivity index (χ4n) is 0. The van der Waals surface area contributed by atoms with Crippen molar-refractivity contribution in [1.82, 2.24) is 0 Å². The van der Waals surface area contributed by atoms with Crippen LogP contribution in [-0.2, 0) is 0 Å². The molecule has 0 aliphatic rings. The minimum Gasteiger partial charge on any atom is -0.0651 e. The highest BCUT2D eigenvalue weighted by Gasteiger charge is 1.80. The van der Waals surface area contributed by atoms with Crippen molar-refractivity contribution in [2.45, 2.75) is 26.9 Å². The Morgan fingerprint density at radius 1 is 2.20 bits per heavy atom. The molecule has 0 rings (SSSR count). The molecule has 32 valence electrons. The Morgan fingerprint density at radius 2 is 3.00 bits per heavy atom. The van der Waals surface area contributed by atoms with Gasteiger partial charge in [-0.2, -0.15) is 0 Å². The molecule has 0 N–H and O–H groups in total. The molecular weight excluding hydrogens is 60.1 g/mol. The van der Waals surface area contributed by atoms with Crippen LogP contribution in [0, 0.1) is 5.89 Å². The standard InChI is InChI=1S/C5H12/c1-4-5(2)3/h5H,4H2,1-3H3/i1D3,2D3,3D3,4D2,5D. The highest BCUT2D eigenvalue weighted by Crippen LogP contribution is 1.93. The van der Waals surface area contributed by atoms with Crippen LogP contribution in [0.25, 0.3) is 0 Å². The Labute approximate surface area is 51.1 Å². The SMILES string of the molecule is [2H]C([2H])([2H])C([2H])([2H])C([2H])(C([2H])([2H])[2H])C([2H])([2H])[2H]. The summed E-state index contributed by atoms with van der Waals surface area (Å²) in [5, 5.41) is 0. The molecular formula is C5H12. The summed E-state index contributed by atoms with van der Waals surface area (Å²) in [5.74, 6) is -3.72. The monoisotopic (exact) mass is 84.2 g/mol. The van der Waals surface area contributed by atoms with Crippen molar-refractivity contribution in [2.75, 3.05) is 0 Å². The second-order valence-corrected chi connectivity index (χ2v) is 0.500. The summed E-state index contributed by atoms with van der Waals surface area (Å²) in [7, 11) is 0. The largest absolute Gasteiger partial charge is 0.0651 e. The second kappa shape index (κ2) is 2.25. The van der Waals surface area contributed by atoms with Crippen molar-refractivity contribution >= 4 is 0 Å². The lowest BCUT2D eigenvalue weighted by atomic mass is 10.2. The summed E-state index contributed by atoms with van der Waals surface area (Å²) < 4.78 is 84.4. The lowest BCUT2D eigenvalue weighted by molar-refractivity contribution is 0.626. The lowest BCUT2D eigenvalue weighted by Gasteiger charge is -1.90. The summed E-state index contributed by atoms with van der Waals surface area (Å²) in [6.07, 6.45) is -3.70. The smallest absolute Gasteiger partial charge is 0.0297 e.